The van der Waals surface area contributed by atoms with Crippen molar-refractivity contribution in [3.8, 4) is 0 Å². The van der Waals surface area contributed by atoms with Gasteiger partial charge in [0.2, 0.25) is 0 Å². The zero-order chi connectivity index (χ0) is 18.6. The third-order valence-corrected chi connectivity index (χ3v) is 2.78. The summed E-state index contributed by atoms with van der Waals surface area (Å²) in [5.41, 5.74) is 0. The second-order valence-corrected chi connectivity index (χ2v) is 5.35. The second kappa shape index (κ2) is 7.21. The first-order valence-electron chi connectivity index (χ1n) is 5.13. The molecule has 0 aliphatic heterocycles. The molecule has 0 amide bonds. The van der Waals surface area contributed by atoms with E-state index in [0.717, 1.165) is 0 Å². The molecule has 0 aliphatic rings. The third-order valence-electron chi connectivity index (χ3n) is 1.87. The van der Waals surface area contributed by atoms with Crippen molar-refractivity contribution in [1.82, 2.24) is 5.32 Å². The van der Waals surface area contributed by atoms with E-state index in [2.05, 4.69) is 5.32 Å². The van der Waals surface area contributed by atoms with E-state index in [0.29, 0.717) is 0 Å². The molecule has 4 nitrogen and oxygen atoms in total. The molecule has 0 aromatic carbocycles. The minimum Gasteiger partial charge on any atom is -0.323 e. The van der Waals surface area contributed by atoms with Gasteiger partial charge in [-0.2, -0.15) is 47.9 Å². The lowest BCUT2D eigenvalue weighted by Crippen LogP contribution is -2.57. The van der Waals surface area contributed by atoms with Crippen LogP contribution in [0.2, 0.25) is 0 Å². The van der Waals surface area contributed by atoms with Crippen LogP contribution < -0.4 is 5.32 Å². The molecule has 0 radical (unpaired) electrons. The molecule has 0 aromatic rings. The molecule has 0 fully saturated rings. The van der Waals surface area contributed by atoms with Gasteiger partial charge < -0.3 is 5.32 Å². The standard InChI is InChI=1S/C6H5F9O3S.C2H7N/c7-3(8,1-2-4(9,10)11)5(12,13)6(14,15)19(16,17)18;1-3-2/h1-2H2,(H,16,17,18);3H,1-2H3. The van der Waals surface area contributed by atoms with Crippen LogP contribution >= 0.6 is 0 Å². The van der Waals surface area contributed by atoms with Gasteiger partial charge in [0, 0.05) is 12.8 Å². The summed E-state index contributed by atoms with van der Waals surface area (Å²) < 4.78 is 138. The fraction of sp³-hybridized carbons (Fsp3) is 1.00. The quantitative estimate of drug-likeness (QED) is 0.575. The van der Waals surface area contributed by atoms with Gasteiger partial charge in [-0.3, -0.25) is 4.55 Å². The molecular formula is C8H12F9NO3S. The Morgan fingerprint density at radius 2 is 1.18 bits per heavy atom. The smallest absolute Gasteiger partial charge is 0.323 e. The lowest BCUT2D eigenvalue weighted by Gasteiger charge is -2.30. The van der Waals surface area contributed by atoms with E-state index in [1.165, 1.54) is 0 Å². The molecule has 0 aromatic heterocycles. The summed E-state index contributed by atoms with van der Waals surface area (Å²) in [4.78, 5) is 0. The second-order valence-electron chi connectivity index (χ2n) is 3.89. The predicted molar refractivity (Wildman–Crippen MR) is 56.7 cm³/mol. The van der Waals surface area contributed by atoms with Gasteiger partial charge in [-0.25, -0.2) is 0 Å². The Kier molecular flexibility index (Phi) is 7.70. The first kappa shape index (κ1) is 23.5. The van der Waals surface area contributed by atoms with Gasteiger partial charge in [0.25, 0.3) is 0 Å². The molecule has 136 valence electrons. The van der Waals surface area contributed by atoms with Gasteiger partial charge in [-0.15, -0.1) is 0 Å². The van der Waals surface area contributed by atoms with Crippen LogP contribution in [-0.4, -0.2) is 50.3 Å². The summed E-state index contributed by atoms with van der Waals surface area (Å²) in [5, 5.41) is -3.88. The number of hydrogen-bond donors (Lipinski definition) is 2. The van der Waals surface area contributed by atoms with E-state index >= 15 is 0 Å². The van der Waals surface area contributed by atoms with Gasteiger partial charge in [0.1, 0.15) is 0 Å². The number of rotatable bonds is 5. The van der Waals surface area contributed by atoms with Gasteiger partial charge in [-0.1, -0.05) is 0 Å². The molecule has 0 rings (SSSR count). The average Bonchev–Trinajstić information content (AvgIpc) is 2.24. The molecule has 22 heavy (non-hydrogen) atoms. The lowest BCUT2D eigenvalue weighted by molar-refractivity contribution is -0.288. The molecule has 0 bridgehead atoms. The van der Waals surface area contributed by atoms with Crippen molar-refractivity contribution >= 4 is 10.1 Å². The van der Waals surface area contributed by atoms with E-state index in [4.69, 9.17) is 4.55 Å². The highest BCUT2D eigenvalue weighted by Gasteiger charge is 2.77. The zero-order valence-electron chi connectivity index (χ0n) is 11.0. The van der Waals surface area contributed by atoms with E-state index < -0.39 is 46.2 Å². The zero-order valence-corrected chi connectivity index (χ0v) is 11.8. The van der Waals surface area contributed by atoms with Crippen LogP contribution in [0.15, 0.2) is 0 Å². The van der Waals surface area contributed by atoms with Crippen molar-refractivity contribution in [2.45, 2.75) is 36.1 Å². The van der Waals surface area contributed by atoms with Crippen molar-refractivity contribution in [2.75, 3.05) is 14.1 Å². The average molecular weight is 373 g/mol. The Morgan fingerprint density at radius 3 is 1.41 bits per heavy atom. The van der Waals surface area contributed by atoms with E-state index in [1.54, 1.807) is 0 Å². The highest BCUT2D eigenvalue weighted by Crippen LogP contribution is 2.50. The maximum absolute atomic E-state index is 12.7. The monoisotopic (exact) mass is 373 g/mol. The van der Waals surface area contributed by atoms with E-state index in [1.807, 2.05) is 14.1 Å². The lowest BCUT2D eigenvalue weighted by atomic mass is 10.1. The van der Waals surface area contributed by atoms with Crippen molar-refractivity contribution in [2.24, 2.45) is 0 Å². The molecule has 0 heterocycles. The topological polar surface area (TPSA) is 66.4 Å². The molecule has 0 saturated carbocycles. The van der Waals surface area contributed by atoms with E-state index in [-0.39, 0.29) is 0 Å². The van der Waals surface area contributed by atoms with Crippen molar-refractivity contribution < 1.29 is 52.5 Å². The van der Waals surface area contributed by atoms with Crippen LogP contribution in [0.1, 0.15) is 12.8 Å². The summed E-state index contributed by atoms with van der Waals surface area (Å²) in [6.07, 6.45) is -10.7. The van der Waals surface area contributed by atoms with Crippen molar-refractivity contribution in [1.29, 1.82) is 0 Å². The Morgan fingerprint density at radius 1 is 0.864 bits per heavy atom. The van der Waals surface area contributed by atoms with Crippen LogP contribution in [0.25, 0.3) is 0 Å². The summed E-state index contributed by atoms with van der Waals surface area (Å²) >= 11 is 0. The minimum absolute atomic E-state index is 1.88. The molecule has 0 saturated heterocycles. The first-order valence-corrected chi connectivity index (χ1v) is 6.57. The summed E-state index contributed by atoms with van der Waals surface area (Å²) in [6.45, 7) is 0. The molecule has 0 aliphatic carbocycles. The highest BCUT2D eigenvalue weighted by atomic mass is 32.2. The molecular weight excluding hydrogens is 361 g/mol. The molecule has 0 atom stereocenters. The minimum atomic E-state index is -6.94. The summed E-state index contributed by atoms with van der Waals surface area (Å²) in [7, 11) is -3.19. The summed E-state index contributed by atoms with van der Waals surface area (Å²) in [5.74, 6) is -12.7. The van der Waals surface area contributed by atoms with Crippen LogP contribution in [-0.2, 0) is 10.1 Å². The SMILES string of the molecule is CNC.O=S(=O)(O)C(F)(F)C(F)(F)C(F)(F)CCC(F)(F)F. The molecule has 2 N–H and O–H groups in total. The number of nitrogens with one attached hydrogen (secondary N) is 1. The maximum Gasteiger partial charge on any atom is 0.437 e. The van der Waals surface area contributed by atoms with Crippen molar-refractivity contribution in [3.05, 3.63) is 0 Å². The highest BCUT2D eigenvalue weighted by molar-refractivity contribution is 7.87. The Hall–Kier alpha value is -0.760. The van der Waals surface area contributed by atoms with Crippen LogP contribution in [0, 0.1) is 0 Å². The molecule has 0 unspecified atom stereocenters. The van der Waals surface area contributed by atoms with Crippen LogP contribution in [0.3, 0.4) is 0 Å². The number of halogens is 9. The van der Waals surface area contributed by atoms with Gasteiger partial charge in [0.15, 0.2) is 0 Å². The van der Waals surface area contributed by atoms with E-state index in [9.17, 15) is 47.9 Å². The van der Waals surface area contributed by atoms with Crippen LogP contribution in [0.4, 0.5) is 39.5 Å². The Balaban J connectivity index is 0. The fourth-order valence-corrected chi connectivity index (χ4v) is 1.30. The maximum atomic E-state index is 12.7. The van der Waals surface area contributed by atoms with Crippen molar-refractivity contribution in [3.63, 3.8) is 0 Å². The molecule has 0 spiro atoms. The summed E-state index contributed by atoms with van der Waals surface area (Å²) in [6, 6.07) is 0. The number of hydrogen-bond acceptors (Lipinski definition) is 3. The number of alkyl halides is 9. The normalized spacial score (nSPS) is 14.4. The van der Waals surface area contributed by atoms with Crippen LogP contribution in [0.5, 0.6) is 0 Å². The van der Waals surface area contributed by atoms with Gasteiger partial charge >= 0.3 is 33.4 Å². The van der Waals surface area contributed by atoms with Gasteiger partial charge in [-0.05, 0) is 14.1 Å². The third kappa shape index (κ3) is 5.79. The molecule has 14 heteroatoms. The Bertz CT molecular complexity index is 446. The Labute approximate surface area is 119 Å². The van der Waals surface area contributed by atoms with Gasteiger partial charge in [0.05, 0.1) is 0 Å². The first-order chi connectivity index (χ1) is 9.37. The largest absolute Gasteiger partial charge is 0.437 e. The predicted octanol–water partition coefficient (Wildman–Crippen LogP) is 2.92. The fourth-order valence-electron chi connectivity index (χ4n) is 0.831.